The number of carbonyl (C=O) groups excluding carboxylic acids is 1. The zero-order chi connectivity index (χ0) is 15.2. The first kappa shape index (κ1) is 16.5. The van der Waals surface area contributed by atoms with E-state index in [0.717, 1.165) is 20.0 Å². The molecule has 1 unspecified atom stereocenters. The molecule has 110 valence electrons. The number of hydrogen-bond acceptors (Lipinski definition) is 3. The van der Waals surface area contributed by atoms with E-state index in [1.54, 1.807) is 23.5 Å². The van der Waals surface area contributed by atoms with Crippen LogP contribution in [0.4, 0.5) is 5.69 Å². The summed E-state index contributed by atoms with van der Waals surface area (Å²) in [4.78, 5) is 14.5. The van der Waals surface area contributed by atoms with Gasteiger partial charge in [0, 0.05) is 14.3 Å². The lowest BCUT2D eigenvalue weighted by Gasteiger charge is -2.14. The molecule has 0 aromatic heterocycles. The molecule has 21 heavy (non-hydrogen) atoms. The van der Waals surface area contributed by atoms with E-state index in [2.05, 4.69) is 21.2 Å². The van der Waals surface area contributed by atoms with Crippen LogP contribution in [0.1, 0.15) is 6.92 Å². The highest BCUT2D eigenvalue weighted by Gasteiger charge is 2.16. The van der Waals surface area contributed by atoms with Gasteiger partial charge < -0.3 is 5.32 Å². The summed E-state index contributed by atoms with van der Waals surface area (Å²) < 4.78 is 1.01. The van der Waals surface area contributed by atoms with E-state index in [1.807, 2.05) is 61.7 Å². The molecular weight excluding hydrogens is 366 g/mol. The molecule has 0 heterocycles. The van der Waals surface area contributed by atoms with E-state index in [-0.39, 0.29) is 11.2 Å². The maximum Gasteiger partial charge on any atom is 0.237 e. The van der Waals surface area contributed by atoms with Gasteiger partial charge >= 0.3 is 0 Å². The number of anilines is 1. The number of rotatable bonds is 5. The number of hydrogen-bond donors (Lipinski definition) is 1. The monoisotopic (exact) mass is 381 g/mol. The summed E-state index contributed by atoms with van der Waals surface area (Å²) >= 11 is 6.68. The molecule has 0 fully saturated rings. The summed E-state index contributed by atoms with van der Waals surface area (Å²) in [5, 5.41) is 2.84. The molecule has 0 radical (unpaired) electrons. The first-order chi connectivity index (χ1) is 10.1. The van der Waals surface area contributed by atoms with Crippen LogP contribution in [-0.4, -0.2) is 17.4 Å². The highest BCUT2D eigenvalue weighted by Crippen LogP contribution is 2.31. The lowest BCUT2D eigenvalue weighted by molar-refractivity contribution is -0.115. The Hall–Kier alpha value is -0.910. The topological polar surface area (TPSA) is 29.1 Å². The molecule has 2 nitrogen and oxygen atoms in total. The van der Waals surface area contributed by atoms with Gasteiger partial charge in [0.1, 0.15) is 0 Å². The minimum absolute atomic E-state index is 0.0113. The molecule has 1 atom stereocenters. The fraction of sp³-hybridized carbons (Fsp3) is 0.188. The van der Waals surface area contributed by atoms with Gasteiger partial charge in [0.2, 0.25) is 5.91 Å². The summed E-state index contributed by atoms with van der Waals surface area (Å²) in [6.45, 7) is 1.92. The predicted octanol–water partition coefficient (Wildman–Crippen LogP) is 5.29. The minimum atomic E-state index is -0.168. The molecule has 2 aromatic carbocycles. The van der Waals surface area contributed by atoms with Crippen molar-refractivity contribution in [3.8, 4) is 0 Å². The first-order valence-electron chi connectivity index (χ1n) is 6.47. The zero-order valence-electron chi connectivity index (χ0n) is 11.8. The van der Waals surface area contributed by atoms with Gasteiger partial charge in [-0.05, 0) is 53.4 Å². The van der Waals surface area contributed by atoms with Gasteiger partial charge in [-0.25, -0.2) is 0 Å². The van der Waals surface area contributed by atoms with Gasteiger partial charge in [-0.2, -0.15) is 0 Å². The van der Waals surface area contributed by atoms with Gasteiger partial charge in [0.05, 0.1) is 10.9 Å². The highest BCUT2D eigenvalue weighted by molar-refractivity contribution is 9.10. The predicted molar refractivity (Wildman–Crippen MR) is 96.3 cm³/mol. The third kappa shape index (κ3) is 4.53. The Morgan fingerprint density at radius 3 is 2.38 bits per heavy atom. The Labute approximate surface area is 142 Å². The maximum absolute atomic E-state index is 12.3. The zero-order valence-corrected chi connectivity index (χ0v) is 15.0. The second kappa shape index (κ2) is 7.92. The quantitative estimate of drug-likeness (QED) is 0.713. The molecule has 5 heteroatoms. The van der Waals surface area contributed by atoms with E-state index in [4.69, 9.17) is 0 Å². The van der Waals surface area contributed by atoms with Crippen molar-refractivity contribution in [3.05, 3.63) is 53.0 Å². The lowest BCUT2D eigenvalue weighted by atomic mass is 10.3. The number of carbonyl (C=O) groups is 1. The van der Waals surface area contributed by atoms with E-state index in [0.29, 0.717) is 0 Å². The number of nitrogens with one attached hydrogen (secondary N) is 1. The Kier molecular flexibility index (Phi) is 6.21. The molecule has 2 aromatic rings. The van der Waals surface area contributed by atoms with Gasteiger partial charge in [0.25, 0.3) is 0 Å². The minimum Gasteiger partial charge on any atom is -0.324 e. The molecule has 0 aliphatic rings. The number of halogens is 1. The van der Waals surface area contributed by atoms with Crippen LogP contribution in [0.2, 0.25) is 0 Å². The van der Waals surface area contributed by atoms with Crippen molar-refractivity contribution in [2.45, 2.75) is 22.0 Å². The van der Waals surface area contributed by atoms with Crippen molar-refractivity contribution in [1.82, 2.24) is 0 Å². The van der Waals surface area contributed by atoms with E-state index in [9.17, 15) is 4.79 Å². The van der Waals surface area contributed by atoms with Crippen LogP contribution in [0.3, 0.4) is 0 Å². The van der Waals surface area contributed by atoms with E-state index in [1.165, 1.54) is 0 Å². The van der Waals surface area contributed by atoms with Crippen molar-refractivity contribution in [1.29, 1.82) is 0 Å². The van der Waals surface area contributed by atoms with Gasteiger partial charge in [-0.15, -0.1) is 23.5 Å². The van der Waals surface area contributed by atoms with Crippen molar-refractivity contribution < 1.29 is 4.79 Å². The SMILES string of the molecule is CSc1ccccc1NC(=O)C(C)Sc1ccccc1Br. The van der Waals surface area contributed by atoms with E-state index >= 15 is 0 Å². The summed E-state index contributed by atoms with van der Waals surface area (Å²) in [5.41, 5.74) is 0.870. The molecule has 2 rings (SSSR count). The van der Waals surface area contributed by atoms with Crippen LogP contribution < -0.4 is 5.32 Å². The van der Waals surface area contributed by atoms with Gasteiger partial charge in [0.15, 0.2) is 0 Å². The summed E-state index contributed by atoms with van der Waals surface area (Å²) in [7, 11) is 0. The van der Waals surface area contributed by atoms with Crippen LogP contribution in [0.5, 0.6) is 0 Å². The smallest absolute Gasteiger partial charge is 0.237 e. The van der Waals surface area contributed by atoms with Crippen LogP contribution >= 0.6 is 39.5 Å². The Bertz CT molecular complexity index is 633. The molecule has 0 saturated heterocycles. The Morgan fingerprint density at radius 1 is 1.10 bits per heavy atom. The summed E-state index contributed by atoms with van der Waals surface area (Å²) in [6, 6.07) is 15.8. The van der Waals surface area contributed by atoms with Crippen LogP contribution in [0.15, 0.2) is 62.8 Å². The average Bonchev–Trinajstić information content (AvgIpc) is 2.50. The van der Waals surface area contributed by atoms with Crippen molar-refractivity contribution >= 4 is 51.0 Å². The molecule has 0 bridgehead atoms. The lowest BCUT2D eigenvalue weighted by Crippen LogP contribution is -2.22. The van der Waals surface area contributed by atoms with Crippen LogP contribution in [0.25, 0.3) is 0 Å². The van der Waals surface area contributed by atoms with Crippen molar-refractivity contribution in [2.24, 2.45) is 0 Å². The molecule has 1 amide bonds. The fourth-order valence-electron chi connectivity index (χ4n) is 1.77. The third-order valence-electron chi connectivity index (χ3n) is 2.87. The average molecular weight is 382 g/mol. The molecule has 1 N–H and O–H groups in total. The molecule has 0 aliphatic heterocycles. The van der Waals surface area contributed by atoms with Gasteiger partial charge in [-0.3, -0.25) is 4.79 Å². The molecule has 0 spiro atoms. The number of thioether (sulfide) groups is 2. The second-order valence-electron chi connectivity index (χ2n) is 4.38. The highest BCUT2D eigenvalue weighted by atomic mass is 79.9. The molecular formula is C16H16BrNOS2. The first-order valence-corrected chi connectivity index (χ1v) is 9.36. The normalized spacial score (nSPS) is 12.0. The fourth-order valence-corrected chi connectivity index (χ4v) is 3.77. The summed E-state index contributed by atoms with van der Waals surface area (Å²) in [5.74, 6) is 0.0113. The van der Waals surface area contributed by atoms with Crippen molar-refractivity contribution in [3.63, 3.8) is 0 Å². The third-order valence-corrected chi connectivity index (χ3v) is 5.80. The number of amides is 1. The van der Waals surface area contributed by atoms with Crippen LogP contribution in [-0.2, 0) is 4.79 Å². The standard InChI is InChI=1S/C16H16BrNOS2/c1-11(21-14-9-5-3-7-12(14)17)16(19)18-13-8-4-6-10-15(13)20-2/h3-11H,1-2H3,(H,18,19). The van der Waals surface area contributed by atoms with E-state index < -0.39 is 0 Å². The largest absolute Gasteiger partial charge is 0.324 e. The maximum atomic E-state index is 12.3. The molecule has 0 aliphatic carbocycles. The Balaban J connectivity index is 2.05. The summed E-state index contributed by atoms with van der Waals surface area (Å²) in [6.07, 6.45) is 2.00. The van der Waals surface area contributed by atoms with Crippen LogP contribution in [0, 0.1) is 0 Å². The van der Waals surface area contributed by atoms with Gasteiger partial charge in [-0.1, -0.05) is 24.3 Å². The number of para-hydroxylation sites is 1. The second-order valence-corrected chi connectivity index (χ2v) is 7.47. The molecule has 0 saturated carbocycles. The van der Waals surface area contributed by atoms with Crippen molar-refractivity contribution in [2.75, 3.05) is 11.6 Å². The number of benzene rings is 2. The Morgan fingerprint density at radius 2 is 1.71 bits per heavy atom.